The summed E-state index contributed by atoms with van der Waals surface area (Å²) in [5.74, 6) is -0.321. The van der Waals surface area contributed by atoms with Gasteiger partial charge in [0.05, 0.1) is 10.5 Å². The van der Waals surface area contributed by atoms with Gasteiger partial charge in [-0.05, 0) is 23.8 Å². The van der Waals surface area contributed by atoms with Gasteiger partial charge >= 0.3 is 6.18 Å². The van der Waals surface area contributed by atoms with E-state index in [1.165, 1.54) is 48.2 Å². The van der Waals surface area contributed by atoms with Gasteiger partial charge in [-0.3, -0.25) is 20.2 Å². The van der Waals surface area contributed by atoms with Crippen LogP contribution in [0.3, 0.4) is 0 Å². The molecule has 0 saturated heterocycles. The van der Waals surface area contributed by atoms with Crippen molar-refractivity contribution in [3.63, 3.8) is 0 Å². The molecule has 12 heteroatoms. The number of benzene rings is 2. The maximum absolute atomic E-state index is 12.6. The molecule has 0 spiro atoms. The Hall–Kier alpha value is -2.99. The third-order valence-electron chi connectivity index (χ3n) is 3.62. The Bertz CT molecular complexity index is 1040. The molecular formula is C17H11F3N4O3S2. The molecule has 1 amide bonds. The molecule has 0 aliphatic carbocycles. The van der Waals surface area contributed by atoms with Crippen molar-refractivity contribution in [3.05, 3.63) is 75.3 Å². The second-order valence-corrected chi connectivity index (χ2v) is 7.78. The lowest BCUT2D eigenvalue weighted by Crippen LogP contribution is -2.13. The first-order valence-corrected chi connectivity index (χ1v) is 9.71. The number of hydrogen-bond acceptors (Lipinski definition) is 7. The molecule has 3 rings (SSSR count). The van der Waals surface area contributed by atoms with Gasteiger partial charge < -0.3 is 0 Å². The number of alkyl halides is 3. The van der Waals surface area contributed by atoms with Crippen LogP contribution in [0, 0.1) is 10.1 Å². The standard InChI is InChI=1S/C17H11F3N4O3S2/c18-17(19,20)11-7-5-10(6-8-11)9-28-16-23-22-15(29-16)21-14(25)12-3-1-2-4-13(12)24(26)27/h1-8H,9H2,(H,21,22,25). The van der Waals surface area contributed by atoms with Crippen LogP contribution in [-0.2, 0) is 11.9 Å². The van der Waals surface area contributed by atoms with Crippen molar-refractivity contribution in [2.75, 3.05) is 5.32 Å². The topological polar surface area (TPSA) is 98.0 Å². The summed E-state index contributed by atoms with van der Waals surface area (Å²) in [5.41, 5.74) is -0.482. The molecule has 7 nitrogen and oxygen atoms in total. The van der Waals surface area contributed by atoms with Crippen molar-refractivity contribution >= 4 is 39.8 Å². The molecule has 1 heterocycles. The smallest absolute Gasteiger partial charge is 0.296 e. The zero-order valence-electron chi connectivity index (χ0n) is 14.3. The Morgan fingerprint density at radius 1 is 1.14 bits per heavy atom. The molecule has 29 heavy (non-hydrogen) atoms. The highest BCUT2D eigenvalue weighted by Gasteiger charge is 2.29. The molecule has 1 N–H and O–H groups in total. The fourth-order valence-electron chi connectivity index (χ4n) is 2.24. The Morgan fingerprint density at radius 3 is 2.48 bits per heavy atom. The van der Waals surface area contributed by atoms with Crippen LogP contribution in [-0.4, -0.2) is 21.0 Å². The number of nitrogens with one attached hydrogen (secondary N) is 1. The first-order chi connectivity index (χ1) is 13.7. The number of anilines is 1. The molecule has 0 saturated carbocycles. The van der Waals surface area contributed by atoms with Gasteiger partial charge in [-0.1, -0.05) is 47.4 Å². The number of aromatic nitrogens is 2. The largest absolute Gasteiger partial charge is 0.416 e. The van der Waals surface area contributed by atoms with Gasteiger partial charge in [0.15, 0.2) is 4.34 Å². The van der Waals surface area contributed by atoms with Crippen LogP contribution in [0.5, 0.6) is 0 Å². The quantitative estimate of drug-likeness (QED) is 0.250. The molecule has 0 bridgehead atoms. The summed E-state index contributed by atoms with van der Waals surface area (Å²) >= 11 is 2.30. The monoisotopic (exact) mass is 440 g/mol. The van der Waals surface area contributed by atoms with Gasteiger partial charge in [-0.2, -0.15) is 13.2 Å². The van der Waals surface area contributed by atoms with E-state index in [1.807, 2.05) is 0 Å². The van der Waals surface area contributed by atoms with Crippen LogP contribution >= 0.6 is 23.1 Å². The molecule has 3 aromatic rings. The summed E-state index contributed by atoms with van der Waals surface area (Å²) in [5, 5.41) is 21.3. The van der Waals surface area contributed by atoms with E-state index >= 15 is 0 Å². The Kier molecular flexibility index (Phi) is 6.13. The molecule has 2 aromatic carbocycles. The van der Waals surface area contributed by atoms with Crippen molar-refractivity contribution in [1.29, 1.82) is 0 Å². The lowest BCUT2D eigenvalue weighted by atomic mass is 10.1. The summed E-state index contributed by atoms with van der Waals surface area (Å²) in [7, 11) is 0. The molecule has 0 aliphatic heterocycles. The van der Waals surface area contributed by atoms with Gasteiger partial charge in [0, 0.05) is 11.8 Å². The number of carbonyl (C=O) groups is 1. The van der Waals surface area contributed by atoms with Crippen LogP contribution < -0.4 is 5.32 Å². The van der Waals surface area contributed by atoms with Crippen molar-refractivity contribution < 1.29 is 22.9 Å². The number of thioether (sulfide) groups is 1. The Balaban J connectivity index is 1.61. The molecule has 0 aliphatic rings. The predicted octanol–water partition coefficient (Wildman–Crippen LogP) is 5.01. The SMILES string of the molecule is O=C(Nc1nnc(SCc2ccc(C(F)(F)F)cc2)s1)c1ccccc1[N+](=O)[O-]. The molecule has 0 radical (unpaired) electrons. The highest BCUT2D eigenvalue weighted by molar-refractivity contribution is 8.00. The average molecular weight is 440 g/mol. The van der Waals surface area contributed by atoms with Crippen molar-refractivity contribution in [1.82, 2.24) is 10.2 Å². The van der Waals surface area contributed by atoms with Gasteiger partial charge in [0.25, 0.3) is 11.6 Å². The fraction of sp³-hybridized carbons (Fsp3) is 0.118. The second kappa shape index (κ2) is 8.57. The van der Waals surface area contributed by atoms with E-state index in [2.05, 4.69) is 15.5 Å². The van der Waals surface area contributed by atoms with E-state index in [9.17, 15) is 28.1 Å². The number of amides is 1. The summed E-state index contributed by atoms with van der Waals surface area (Å²) in [4.78, 5) is 22.6. The number of carbonyl (C=O) groups excluding carboxylic acids is 1. The second-order valence-electron chi connectivity index (χ2n) is 5.58. The first kappa shape index (κ1) is 20.7. The highest BCUT2D eigenvalue weighted by Crippen LogP contribution is 2.32. The number of nitro groups is 1. The van der Waals surface area contributed by atoms with Crippen LogP contribution in [0.25, 0.3) is 0 Å². The molecule has 150 valence electrons. The summed E-state index contributed by atoms with van der Waals surface area (Å²) in [6.07, 6.45) is -4.38. The van der Waals surface area contributed by atoms with Gasteiger partial charge in [-0.25, -0.2) is 0 Å². The molecule has 0 unspecified atom stereocenters. The van der Waals surface area contributed by atoms with Crippen LogP contribution in [0.1, 0.15) is 21.5 Å². The summed E-state index contributed by atoms with van der Waals surface area (Å²) in [6.45, 7) is 0. The fourth-order valence-corrected chi connectivity index (χ4v) is 3.95. The lowest BCUT2D eigenvalue weighted by molar-refractivity contribution is -0.385. The van der Waals surface area contributed by atoms with E-state index in [4.69, 9.17) is 0 Å². The van der Waals surface area contributed by atoms with Crippen LogP contribution in [0.4, 0.5) is 24.0 Å². The Labute approximate surface area is 170 Å². The zero-order valence-corrected chi connectivity index (χ0v) is 16.0. The highest BCUT2D eigenvalue weighted by atomic mass is 32.2. The van der Waals surface area contributed by atoms with Crippen LogP contribution in [0.15, 0.2) is 52.9 Å². The zero-order chi connectivity index (χ0) is 21.0. The molecule has 1 aromatic heterocycles. The van der Waals surface area contributed by atoms with Gasteiger partial charge in [-0.15, -0.1) is 10.2 Å². The average Bonchev–Trinajstić information content (AvgIpc) is 3.13. The minimum Gasteiger partial charge on any atom is -0.296 e. The first-order valence-electron chi connectivity index (χ1n) is 7.91. The minimum absolute atomic E-state index is 0.105. The number of nitrogens with zero attached hydrogens (tertiary/aromatic N) is 3. The molecular weight excluding hydrogens is 429 g/mol. The van der Waals surface area contributed by atoms with E-state index < -0.39 is 22.6 Å². The number of halogens is 3. The van der Waals surface area contributed by atoms with E-state index in [1.54, 1.807) is 0 Å². The maximum Gasteiger partial charge on any atom is 0.416 e. The van der Waals surface area contributed by atoms with Crippen molar-refractivity contribution in [2.24, 2.45) is 0 Å². The number of nitro benzene ring substituents is 1. The van der Waals surface area contributed by atoms with Crippen molar-refractivity contribution in [2.45, 2.75) is 16.3 Å². The van der Waals surface area contributed by atoms with E-state index in [0.29, 0.717) is 15.7 Å². The van der Waals surface area contributed by atoms with Gasteiger partial charge in [0.1, 0.15) is 5.56 Å². The predicted molar refractivity (Wildman–Crippen MR) is 102 cm³/mol. The molecule has 0 atom stereocenters. The lowest BCUT2D eigenvalue weighted by Gasteiger charge is -2.06. The van der Waals surface area contributed by atoms with Crippen molar-refractivity contribution in [3.8, 4) is 0 Å². The van der Waals surface area contributed by atoms with Gasteiger partial charge in [0.2, 0.25) is 5.13 Å². The Morgan fingerprint density at radius 2 is 1.83 bits per heavy atom. The maximum atomic E-state index is 12.6. The molecule has 0 fully saturated rings. The third-order valence-corrected chi connectivity index (χ3v) is 5.66. The summed E-state index contributed by atoms with van der Waals surface area (Å²) in [6, 6.07) is 10.3. The van der Waals surface area contributed by atoms with Crippen LogP contribution in [0.2, 0.25) is 0 Å². The number of rotatable bonds is 6. The third kappa shape index (κ3) is 5.29. The normalized spacial score (nSPS) is 11.3. The number of para-hydroxylation sites is 1. The van der Waals surface area contributed by atoms with E-state index in [-0.39, 0.29) is 16.4 Å². The van der Waals surface area contributed by atoms with E-state index in [0.717, 1.165) is 23.5 Å². The minimum atomic E-state index is -4.38. The summed E-state index contributed by atoms with van der Waals surface area (Å²) < 4.78 is 38.2. The number of hydrogen-bond donors (Lipinski definition) is 1.